The first-order valence-corrected chi connectivity index (χ1v) is 4.21. The van der Waals surface area contributed by atoms with Gasteiger partial charge in [-0.1, -0.05) is 0 Å². The number of rotatable bonds is 3. The van der Waals surface area contributed by atoms with Crippen LogP contribution in [0.3, 0.4) is 0 Å². The molecule has 2 N–H and O–H groups in total. The molecule has 0 fully saturated rings. The van der Waals surface area contributed by atoms with Crippen LogP contribution in [0.5, 0.6) is 0 Å². The molecule has 0 saturated heterocycles. The maximum Gasteiger partial charge on any atom is 0.332 e. The van der Waals surface area contributed by atoms with Crippen molar-refractivity contribution in [2.24, 2.45) is 7.05 Å². The second-order valence-electron chi connectivity index (χ2n) is 2.83. The Morgan fingerprint density at radius 1 is 1.50 bits per heavy atom. The van der Waals surface area contributed by atoms with Crippen molar-refractivity contribution in [2.45, 2.75) is 13.7 Å². The molecule has 1 heterocycles. The number of nitrogens with zero attached hydrogens (tertiary/aromatic N) is 2. The maximum atomic E-state index is 11.4. The molecule has 0 aliphatic carbocycles. The highest BCUT2D eigenvalue weighted by molar-refractivity contribution is 5.30. The van der Waals surface area contributed by atoms with Crippen LogP contribution in [0.1, 0.15) is 6.92 Å². The molecule has 0 aliphatic rings. The van der Waals surface area contributed by atoms with E-state index >= 15 is 0 Å². The Morgan fingerprint density at radius 3 is 2.71 bits per heavy atom. The zero-order valence-corrected chi connectivity index (χ0v) is 8.19. The molecule has 0 aromatic carbocycles. The van der Waals surface area contributed by atoms with Crippen molar-refractivity contribution < 1.29 is 4.74 Å². The summed E-state index contributed by atoms with van der Waals surface area (Å²) in [6.07, 6.45) is 1.30. The summed E-state index contributed by atoms with van der Waals surface area (Å²) < 4.78 is 7.19. The van der Waals surface area contributed by atoms with Gasteiger partial charge in [0.2, 0.25) is 0 Å². The zero-order valence-electron chi connectivity index (χ0n) is 8.19. The van der Waals surface area contributed by atoms with E-state index in [9.17, 15) is 9.59 Å². The maximum absolute atomic E-state index is 11.4. The van der Waals surface area contributed by atoms with Crippen molar-refractivity contribution in [2.75, 3.05) is 12.3 Å². The molecule has 0 atom stereocenters. The van der Waals surface area contributed by atoms with Crippen LogP contribution in [-0.2, 0) is 18.5 Å². The number of aryl methyl sites for hydroxylation is 1. The van der Waals surface area contributed by atoms with Crippen molar-refractivity contribution in [3.63, 3.8) is 0 Å². The molecule has 0 radical (unpaired) electrons. The Balaban J connectivity index is 3.26. The molecule has 14 heavy (non-hydrogen) atoms. The van der Waals surface area contributed by atoms with E-state index < -0.39 is 11.2 Å². The van der Waals surface area contributed by atoms with Crippen molar-refractivity contribution >= 4 is 5.69 Å². The van der Waals surface area contributed by atoms with Gasteiger partial charge in [-0.05, 0) is 6.92 Å². The standard InChI is InChI=1S/C8H13N3O3/c1-3-14-5-11-7(12)6(9)4-10(2)8(11)13/h4H,3,5,9H2,1-2H3. The summed E-state index contributed by atoms with van der Waals surface area (Å²) in [7, 11) is 1.53. The van der Waals surface area contributed by atoms with Crippen molar-refractivity contribution in [3.8, 4) is 0 Å². The Hall–Kier alpha value is -1.56. The number of nitrogens with two attached hydrogens (primary N) is 1. The van der Waals surface area contributed by atoms with Gasteiger partial charge in [-0.2, -0.15) is 0 Å². The quantitative estimate of drug-likeness (QED) is 0.685. The predicted octanol–water partition coefficient (Wildman–Crippen LogP) is -0.877. The van der Waals surface area contributed by atoms with E-state index in [0.29, 0.717) is 6.61 Å². The van der Waals surface area contributed by atoms with Crippen LogP contribution < -0.4 is 17.0 Å². The Kier molecular flexibility index (Phi) is 3.08. The SMILES string of the molecule is CCOCn1c(=O)c(N)cn(C)c1=O. The molecule has 1 aromatic heterocycles. The molecule has 6 nitrogen and oxygen atoms in total. The molecule has 1 rings (SSSR count). The number of hydrogen-bond acceptors (Lipinski definition) is 4. The molecule has 0 saturated carbocycles. The summed E-state index contributed by atoms with van der Waals surface area (Å²) in [5, 5.41) is 0. The van der Waals surface area contributed by atoms with Gasteiger partial charge in [-0.15, -0.1) is 0 Å². The summed E-state index contributed by atoms with van der Waals surface area (Å²) >= 11 is 0. The van der Waals surface area contributed by atoms with E-state index in [2.05, 4.69) is 0 Å². The van der Waals surface area contributed by atoms with Crippen molar-refractivity contribution in [1.29, 1.82) is 0 Å². The van der Waals surface area contributed by atoms with Gasteiger partial charge in [-0.3, -0.25) is 4.79 Å². The average molecular weight is 199 g/mol. The van der Waals surface area contributed by atoms with Crippen LogP contribution in [-0.4, -0.2) is 15.7 Å². The summed E-state index contributed by atoms with van der Waals surface area (Å²) in [5.74, 6) is 0. The van der Waals surface area contributed by atoms with Crippen LogP contribution in [0.2, 0.25) is 0 Å². The number of aromatic nitrogens is 2. The van der Waals surface area contributed by atoms with Gasteiger partial charge in [0.1, 0.15) is 12.4 Å². The van der Waals surface area contributed by atoms with Crippen LogP contribution in [0.25, 0.3) is 0 Å². The van der Waals surface area contributed by atoms with E-state index in [4.69, 9.17) is 10.5 Å². The molecule has 1 aromatic rings. The van der Waals surface area contributed by atoms with Crippen molar-refractivity contribution in [1.82, 2.24) is 9.13 Å². The van der Waals surface area contributed by atoms with E-state index in [-0.39, 0.29) is 12.4 Å². The van der Waals surface area contributed by atoms with E-state index in [1.54, 1.807) is 6.92 Å². The summed E-state index contributed by atoms with van der Waals surface area (Å²) in [6, 6.07) is 0. The van der Waals surface area contributed by atoms with Gasteiger partial charge in [0.05, 0.1) is 0 Å². The van der Waals surface area contributed by atoms with E-state index in [0.717, 1.165) is 4.57 Å². The predicted molar refractivity (Wildman–Crippen MR) is 52.0 cm³/mol. The largest absolute Gasteiger partial charge is 0.393 e. The third kappa shape index (κ3) is 1.85. The third-order valence-electron chi connectivity index (χ3n) is 1.78. The molecule has 0 amide bonds. The highest BCUT2D eigenvalue weighted by Gasteiger charge is 2.06. The zero-order chi connectivity index (χ0) is 10.7. The minimum absolute atomic E-state index is 0.0341. The van der Waals surface area contributed by atoms with E-state index in [1.165, 1.54) is 17.8 Å². The Bertz CT molecular complexity index is 398. The fourth-order valence-electron chi connectivity index (χ4n) is 1.05. The first kappa shape index (κ1) is 10.5. The molecular weight excluding hydrogens is 186 g/mol. The summed E-state index contributed by atoms with van der Waals surface area (Å²) in [5.41, 5.74) is 4.50. The number of hydrogen-bond donors (Lipinski definition) is 1. The monoisotopic (exact) mass is 199 g/mol. The minimum atomic E-state index is -0.512. The van der Waals surface area contributed by atoms with Crippen LogP contribution in [0.4, 0.5) is 5.69 Å². The smallest absolute Gasteiger partial charge is 0.332 e. The number of nitrogen functional groups attached to an aromatic ring is 1. The first-order chi connectivity index (χ1) is 6.57. The van der Waals surface area contributed by atoms with Crippen molar-refractivity contribution in [3.05, 3.63) is 27.0 Å². The molecule has 0 bridgehead atoms. The number of ether oxygens (including phenoxy) is 1. The lowest BCUT2D eigenvalue weighted by Gasteiger charge is -2.07. The fourth-order valence-corrected chi connectivity index (χ4v) is 1.05. The average Bonchev–Trinajstić information content (AvgIpc) is 2.15. The molecule has 0 spiro atoms. The van der Waals surface area contributed by atoms with Crippen LogP contribution >= 0.6 is 0 Å². The van der Waals surface area contributed by atoms with Crippen LogP contribution in [0, 0.1) is 0 Å². The van der Waals surface area contributed by atoms with Gasteiger partial charge in [0.15, 0.2) is 0 Å². The van der Waals surface area contributed by atoms with Gasteiger partial charge in [0, 0.05) is 19.9 Å². The summed E-state index contributed by atoms with van der Waals surface area (Å²) in [4.78, 5) is 22.8. The highest BCUT2D eigenvalue weighted by atomic mass is 16.5. The topological polar surface area (TPSA) is 79.2 Å². The van der Waals surface area contributed by atoms with Gasteiger partial charge >= 0.3 is 5.69 Å². The fraction of sp³-hybridized carbons (Fsp3) is 0.500. The second-order valence-corrected chi connectivity index (χ2v) is 2.83. The van der Waals surface area contributed by atoms with E-state index in [1.807, 2.05) is 0 Å². The summed E-state index contributed by atoms with van der Waals surface area (Å²) in [6.45, 7) is 2.15. The lowest BCUT2D eigenvalue weighted by Crippen LogP contribution is -2.40. The Morgan fingerprint density at radius 2 is 2.14 bits per heavy atom. The number of anilines is 1. The Labute approximate surface area is 80.5 Å². The highest BCUT2D eigenvalue weighted by Crippen LogP contribution is 1.87. The first-order valence-electron chi connectivity index (χ1n) is 4.21. The van der Waals surface area contributed by atoms with Gasteiger partial charge < -0.3 is 15.0 Å². The minimum Gasteiger partial charge on any atom is -0.393 e. The van der Waals surface area contributed by atoms with Gasteiger partial charge in [0.25, 0.3) is 5.56 Å². The molecule has 0 unspecified atom stereocenters. The molecular formula is C8H13N3O3. The van der Waals surface area contributed by atoms with Crippen LogP contribution in [0.15, 0.2) is 15.8 Å². The third-order valence-corrected chi connectivity index (χ3v) is 1.78. The lowest BCUT2D eigenvalue weighted by atomic mass is 10.5. The lowest BCUT2D eigenvalue weighted by molar-refractivity contribution is 0.0814. The normalized spacial score (nSPS) is 10.4. The molecule has 78 valence electrons. The second kappa shape index (κ2) is 4.10. The molecule has 6 heteroatoms. The van der Waals surface area contributed by atoms with Gasteiger partial charge in [-0.25, -0.2) is 9.36 Å². The molecule has 0 aliphatic heterocycles.